The van der Waals surface area contributed by atoms with Crippen molar-refractivity contribution in [3.05, 3.63) is 0 Å². The molecule has 4 heteroatoms. The summed E-state index contributed by atoms with van der Waals surface area (Å²) in [5.74, 6) is 0. The van der Waals surface area contributed by atoms with E-state index in [4.69, 9.17) is 0 Å². The first-order chi connectivity index (χ1) is 5.63. The molecule has 1 fully saturated rings. The lowest BCUT2D eigenvalue weighted by atomic mass is 10.3. The van der Waals surface area contributed by atoms with Crippen LogP contribution in [0.25, 0.3) is 0 Å². The number of hydrazine groups is 1. The highest BCUT2D eigenvalue weighted by Gasteiger charge is 2.24. The van der Waals surface area contributed by atoms with Crippen molar-refractivity contribution in [3.8, 4) is 0 Å². The number of hydrogen-bond donors (Lipinski definition) is 1. The summed E-state index contributed by atoms with van der Waals surface area (Å²) in [6, 6.07) is 0. The molecule has 72 valence electrons. The van der Waals surface area contributed by atoms with Gasteiger partial charge in [-0.3, -0.25) is 4.90 Å². The highest BCUT2D eigenvalue weighted by molar-refractivity contribution is 4.74. The van der Waals surface area contributed by atoms with Crippen molar-refractivity contribution in [2.24, 2.45) is 0 Å². The largest absolute Gasteiger partial charge is 0.312 e. The summed E-state index contributed by atoms with van der Waals surface area (Å²) in [4.78, 5) is 2.24. The minimum Gasteiger partial charge on any atom is -0.312 e. The molecule has 1 atom stereocenters. The van der Waals surface area contributed by atoms with Gasteiger partial charge in [0.05, 0.1) is 6.17 Å². The molecule has 0 saturated carbocycles. The van der Waals surface area contributed by atoms with Crippen LogP contribution in [0, 0.1) is 0 Å². The molecule has 0 aromatic rings. The Balaban J connectivity index is 2.54. The first-order valence-electron chi connectivity index (χ1n) is 4.44. The Bertz CT molecular complexity index is 119. The highest BCUT2D eigenvalue weighted by Crippen LogP contribution is 2.06. The van der Waals surface area contributed by atoms with E-state index in [1.165, 1.54) is 0 Å². The molecular weight excluding hydrogens is 152 g/mol. The third kappa shape index (κ3) is 2.17. The van der Waals surface area contributed by atoms with E-state index in [9.17, 15) is 0 Å². The van der Waals surface area contributed by atoms with Crippen LogP contribution in [0.2, 0.25) is 0 Å². The molecule has 0 aromatic heterocycles. The lowest BCUT2D eigenvalue weighted by Crippen LogP contribution is -2.61. The molecule has 1 saturated heterocycles. The molecule has 0 bridgehead atoms. The molecular formula is C8H20N4. The van der Waals surface area contributed by atoms with E-state index in [1.54, 1.807) is 0 Å². The fourth-order valence-corrected chi connectivity index (χ4v) is 1.59. The molecule has 1 aliphatic heterocycles. The van der Waals surface area contributed by atoms with E-state index < -0.39 is 0 Å². The molecule has 1 unspecified atom stereocenters. The van der Waals surface area contributed by atoms with Crippen LogP contribution in [-0.4, -0.2) is 68.9 Å². The highest BCUT2D eigenvalue weighted by atomic mass is 15.7. The summed E-state index contributed by atoms with van der Waals surface area (Å²) in [5.41, 5.74) is 0. The maximum Gasteiger partial charge on any atom is 0.0881 e. The van der Waals surface area contributed by atoms with Crippen molar-refractivity contribution in [2.45, 2.75) is 6.17 Å². The van der Waals surface area contributed by atoms with Crippen LogP contribution in [0.3, 0.4) is 0 Å². The Morgan fingerprint density at radius 2 is 1.92 bits per heavy atom. The average molecular weight is 172 g/mol. The van der Waals surface area contributed by atoms with Crippen LogP contribution < -0.4 is 5.32 Å². The number of piperazine rings is 1. The van der Waals surface area contributed by atoms with E-state index in [0.717, 1.165) is 19.6 Å². The molecule has 1 aliphatic rings. The van der Waals surface area contributed by atoms with Crippen molar-refractivity contribution in [1.82, 2.24) is 20.2 Å². The van der Waals surface area contributed by atoms with Crippen molar-refractivity contribution < 1.29 is 0 Å². The van der Waals surface area contributed by atoms with Gasteiger partial charge in [0, 0.05) is 33.7 Å². The Labute approximate surface area is 75.1 Å². The van der Waals surface area contributed by atoms with Gasteiger partial charge in [0.15, 0.2) is 0 Å². The zero-order valence-corrected chi connectivity index (χ0v) is 8.54. The van der Waals surface area contributed by atoms with Gasteiger partial charge < -0.3 is 5.32 Å². The molecule has 0 aliphatic carbocycles. The van der Waals surface area contributed by atoms with Gasteiger partial charge in [0.2, 0.25) is 0 Å². The Hall–Kier alpha value is -0.160. The van der Waals surface area contributed by atoms with Gasteiger partial charge >= 0.3 is 0 Å². The van der Waals surface area contributed by atoms with Crippen molar-refractivity contribution in [2.75, 3.05) is 47.8 Å². The maximum atomic E-state index is 3.39. The predicted octanol–water partition coefficient (Wildman–Crippen LogP) is -0.744. The van der Waals surface area contributed by atoms with Gasteiger partial charge in [-0.15, -0.1) is 0 Å². The van der Waals surface area contributed by atoms with Crippen LogP contribution in [0.1, 0.15) is 0 Å². The van der Waals surface area contributed by atoms with E-state index in [1.807, 2.05) is 0 Å². The second-order valence-corrected chi connectivity index (χ2v) is 3.66. The molecule has 0 aromatic carbocycles. The Morgan fingerprint density at radius 3 is 2.33 bits per heavy atom. The Morgan fingerprint density at radius 1 is 1.25 bits per heavy atom. The van der Waals surface area contributed by atoms with Gasteiger partial charge in [-0.2, -0.15) is 0 Å². The monoisotopic (exact) mass is 172 g/mol. The van der Waals surface area contributed by atoms with Gasteiger partial charge in [0.25, 0.3) is 0 Å². The van der Waals surface area contributed by atoms with Crippen LogP contribution in [0.4, 0.5) is 0 Å². The minimum atomic E-state index is 0.494. The van der Waals surface area contributed by atoms with E-state index in [-0.39, 0.29) is 0 Å². The van der Waals surface area contributed by atoms with E-state index in [2.05, 4.69) is 48.4 Å². The number of likely N-dealkylation sites (N-methyl/N-ethyl adjacent to an activating group) is 1. The summed E-state index contributed by atoms with van der Waals surface area (Å²) in [7, 11) is 8.44. The number of nitrogens with zero attached hydrogens (tertiary/aromatic N) is 3. The molecule has 0 radical (unpaired) electrons. The second kappa shape index (κ2) is 4.18. The molecule has 0 amide bonds. The quantitative estimate of drug-likeness (QED) is 0.592. The third-order valence-corrected chi connectivity index (χ3v) is 2.30. The smallest absolute Gasteiger partial charge is 0.0881 e. The van der Waals surface area contributed by atoms with Crippen LogP contribution in [-0.2, 0) is 0 Å². The molecule has 1 N–H and O–H groups in total. The second-order valence-electron chi connectivity index (χ2n) is 3.66. The summed E-state index contributed by atoms with van der Waals surface area (Å²) in [6.45, 7) is 3.23. The van der Waals surface area contributed by atoms with Crippen molar-refractivity contribution >= 4 is 0 Å². The summed E-state index contributed by atoms with van der Waals surface area (Å²) < 4.78 is 0. The topological polar surface area (TPSA) is 21.8 Å². The predicted molar refractivity (Wildman–Crippen MR) is 50.7 cm³/mol. The molecule has 4 nitrogen and oxygen atoms in total. The first-order valence-corrected chi connectivity index (χ1v) is 4.44. The van der Waals surface area contributed by atoms with Gasteiger partial charge in [-0.05, 0) is 14.1 Å². The van der Waals surface area contributed by atoms with E-state index >= 15 is 0 Å². The lowest BCUT2D eigenvalue weighted by molar-refractivity contribution is -0.0824. The van der Waals surface area contributed by atoms with E-state index in [0.29, 0.717) is 6.17 Å². The number of hydrogen-bond acceptors (Lipinski definition) is 4. The molecule has 1 heterocycles. The zero-order chi connectivity index (χ0) is 9.14. The first kappa shape index (κ1) is 9.92. The third-order valence-electron chi connectivity index (χ3n) is 2.30. The lowest BCUT2D eigenvalue weighted by Gasteiger charge is -2.43. The fourth-order valence-electron chi connectivity index (χ4n) is 1.59. The molecule has 12 heavy (non-hydrogen) atoms. The normalized spacial score (nSPS) is 27.0. The molecule has 0 spiro atoms. The summed E-state index contributed by atoms with van der Waals surface area (Å²) >= 11 is 0. The van der Waals surface area contributed by atoms with Crippen LogP contribution in [0.5, 0.6) is 0 Å². The van der Waals surface area contributed by atoms with Gasteiger partial charge in [-0.25, -0.2) is 10.0 Å². The van der Waals surface area contributed by atoms with Gasteiger partial charge in [0.1, 0.15) is 0 Å². The van der Waals surface area contributed by atoms with Crippen LogP contribution in [0.15, 0.2) is 0 Å². The standard InChI is InChI=1S/C8H20N4/c1-10(2)8-7-9-5-6-12(8)11(3)4/h8-9H,5-7H2,1-4H3. The SMILES string of the molecule is CN(C)C1CNCCN1N(C)C. The summed E-state index contributed by atoms with van der Waals surface area (Å²) in [5, 5.41) is 7.93. The van der Waals surface area contributed by atoms with Crippen molar-refractivity contribution in [1.29, 1.82) is 0 Å². The Kier molecular flexibility index (Phi) is 3.46. The maximum absolute atomic E-state index is 3.39. The summed E-state index contributed by atoms with van der Waals surface area (Å²) in [6.07, 6.45) is 0.494. The van der Waals surface area contributed by atoms with Crippen LogP contribution >= 0.6 is 0 Å². The molecule has 1 rings (SSSR count). The fraction of sp³-hybridized carbons (Fsp3) is 1.00. The number of rotatable bonds is 2. The van der Waals surface area contributed by atoms with Gasteiger partial charge in [-0.1, -0.05) is 0 Å². The minimum absolute atomic E-state index is 0.494. The zero-order valence-electron chi connectivity index (χ0n) is 8.54. The van der Waals surface area contributed by atoms with Crippen molar-refractivity contribution in [3.63, 3.8) is 0 Å². The number of nitrogens with one attached hydrogen (secondary N) is 1. The average Bonchev–Trinajstić information content (AvgIpc) is 2.04.